The van der Waals surface area contributed by atoms with Crippen molar-refractivity contribution in [3.63, 3.8) is 0 Å². The van der Waals surface area contributed by atoms with Gasteiger partial charge in [-0.2, -0.15) is 0 Å². The average molecular weight is 342 g/mol. The molecule has 0 radical (unpaired) electrons. The smallest absolute Gasteiger partial charge is 0.337 e. The van der Waals surface area contributed by atoms with E-state index in [0.717, 1.165) is 10.8 Å². The number of rotatable bonds is 3. The second kappa shape index (κ2) is 6.29. The van der Waals surface area contributed by atoms with Gasteiger partial charge in [0.15, 0.2) is 0 Å². The zero-order chi connectivity index (χ0) is 18.1. The molecular formula is C21H14N2O3. The predicted octanol–water partition coefficient (Wildman–Crippen LogP) is 5.81. The predicted molar refractivity (Wildman–Crippen MR) is 101 cm³/mol. The number of carboxylic acid groups (broad SMARTS) is 1. The highest BCUT2D eigenvalue weighted by molar-refractivity contribution is 6.14. The Hall–Kier alpha value is -3.73. The molecule has 0 amide bonds. The molecule has 0 saturated carbocycles. The number of carboxylic acids is 1. The Morgan fingerprint density at radius 1 is 0.692 bits per heavy atom. The molecule has 0 aliphatic heterocycles. The summed E-state index contributed by atoms with van der Waals surface area (Å²) in [4.78, 5) is 11.4. The van der Waals surface area contributed by atoms with Crippen LogP contribution in [0.1, 0.15) is 10.4 Å². The molecule has 0 unspecified atom stereocenters. The van der Waals surface area contributed by atoms with E-state index in [1.165, 1.54) is 6.07 Å². The minimum atomic E-state index is -1.06. The van der Waals surface area contributed by atoms with E-state index >= 15 is 0 Å². The van der Waals surface area contributed by atoms with Gasteiger partial charge in [-0.25, -0.2) is 4.79 Å². The largest absolute Gasteiger partial charge is 0.507 e. The minimum Gasteiger partial charge on any atom is -0.507 e. The van der Waals surface area contributed by atoms with E-state index in [1.54, 1.807) is 18.2 Å². The van der Waals surface area contributed by atoms with Gasteiger partial charge in [0.2, 0.25) is 0 Å². The summed E-state index contributed by atoms with van der Waals surface area (Å²) in [7, 11) is 0. The Kier molecular flexibility index (Phi) is 3.82. The van der Waals surface area contributed by atoms with Crippen LogP contribution in [0.5, 0.6) is 5.75 Å². The van der Waals surface area contributed by atoms with Gasteiger partial charge in [-0.05, 0) is 12.1 Å². The van der Waals surface area contributed by atoms with Crippen molar-refractivity contribution in [1.82, 2.24) is 0 Å². The van der Waals surface area contributed by atoms with Crippen LogP contribution in [0.4, 0.5) is 11.4 Å². The molecule has 4 aromatic carbocycles. The Morgan fingerprint density at radius 2 is 1.19 bits per heavy atom. The van der Waals surface area contributed by atoms with E-state index < -0.39 is 5.97 Å². The average Bonchev–Trinajstić information content (AvgIpc) is 2.68. The van der Waals surface area contributed by atoms with Crippen LogP contribution >= 0.6 is 0 Å². The van der Waals surface area contributed by atoms with Gasteiger partial charge >= 0.3 is 5.97 Å². The number of phenolic OH excluding ortho intramolecular Hbond substituents is 1. The summed E-state index contributed by atoms with van der Waals surface area (Å²) in [5.74, 6) is -0.860. The monoisotopic (exact) mass is 342 g/mol. The van der Waals surface area contributed by atoms with Crippen molar-refractivity contribution in [2.24, 2.45) is 10.2 Å². The lowest BCUT2D eigenvalue weighted by atomic mass is 10.00. The van der Waals surface area contributed by atoms with Crippen LogP contribution in [0.25, 0.3) is 21.5 Å². The van der Waals surface area contributed by atoms with Crippen LogP contribution in [0.15, 0.2) is 83.0 Å². The lowest BCUT2D eigenvalue weighted by molar-refractivity contribution is 0.0697. The van der Waals surface area contributed by atoms with Crippen LogP contribution < -0.4 is 0 Å². The van der Waals surface area contributed by atoms with Gasteiger partial charge in [0.1, 0.15) is 17.1 Å². The molecular weight excluding hydrogens is 328 g/mol. The van der Waals surface area contributed by atoms with Gasteiger partial charge < -0.3 is 10.2 Å². The highest BCUT2D eigenvalue weighted by Gasteiger charge is 2.13. The number of azo groups is 1. The summed E-state index contributed by atoms with van der Waals surface area (Å²) in [5, 5.41) is 31.3. The van der Waals surface area contributed by atoms with Gasteiger partial charge in [-0.1, -0.05) is 60.7 Å². The second-order valence-corrected chi connectivity index (χ2v) is 5.81. The minimum absolute atomic E-state index is 0.0867. The first-order valence-electron chi connectivity index (χ1n) is 8.03. The van der Waals surface area contributed by atoms with E-state index in [9.17, 15) is 15.0 Å². The molecule has 4 rings (SSSR count). The van der Waals surface area contributed by atoms with Crippen LogP contribution in [0.2, 0.25) is 0 Å². The van der Waals surface area contributed by atoms with Gasteiger partial charge in [0.25, 0.3) is 0 Å². The topological polar surface area (TPSA) is 82.2 Å². The first kappa shape index (κ1) is 15.8. The summed E-state index contributed by atoms with van der Waals surface area (Å²) in [5.41, 5.74) is 0.957. The number of nitrogens with zero attached hydrogens (tertiary/aromatic N) is 2. The number of aromatic carboxylic acids is 1. The summed E-state index contributed by atoms with van der Waals surface area (Å²) in [6.45, 7) is 0. The summed E-state index contributed by atoms with van der Waals surface area (Å²) in [6.07, 6.45) is 0. The molecule has 0 aromatic heterocycles. The number of phenols is 1. The Morgan fingerprint density at radius 3 is 1.77 bits per heavy atom. The maximum absolute atomic E-state index is 11.4. The fourth-order valence-corrected chi connectivity index (χ4v) is 3.04. The van der Waals surface area contributed by atoms with Gasteiger partial charge in [0, 0.05) is 21.5 Å². The van der Waals surface area contributed by atoms with Crippen molar-refractivity contribution in [2.45, 2.75) is 0 Å². The number of carbonyl (C=O) groups is 1. The number of fused-ring (bicyclic) bond motifs is 2. The first-order chi connectivity index (χ1) is 12.7. The zero-order valence-corrected chi connectivity index (χ0v) is 13.6. The molecule has 0 heterocycles. The molecule has 0 bridgehead atoms. The van der Waals surface area contributed by atoms with Gasteiger partial charge in [0.05, 0.1) is 5.56 Å². The van der Waals surface area contributed by atoms with E-state index in [1.807, 2.05) is 48.5 Å². The van der Waals surface area contributed by atoms with Crippen LogP contribution in [-0.2, 0) is 0 Å². The van der Waals surface area contributed by atoms with E-state index in [0.29, 0.717) is 16.5 Å². The molecule has 0 atom stereocenters. The van der Waals surface area contributed by atoms with Gasteiger partial charge in [-0.15, -0.1) is 10.2 Å². The maximum Gasteiger partial charge on any atom is 0.337 e. The van der Waals surface area contributed by atoms with E-state index in [2.05, 4.69) is 10.2 Å². The maximum atomic E-state index is 11.4. The number of aromatic hydroxyl groups is 1. The van der Waals surface area contributed by atoms with Crippen molar-refractivity contribution < 1.29 is 15.0 Å². The standard InChI is InChI=1S/C21H14N2O3/c24-20-15-9-3-1-7-13(15)19(14-8-2-4-10-16(14)20)23-22-18-12-6-5-11-17(18)21(25)26/h1-12,24H,(H,25,26). The summed E-state index contributed by atoms with van der Waals surface area (Å²) < 4.78 is 0. The Labute approximate surface area is 148 Å². The molecule has 2 N–H and O–H groups in total. The molecule has 0 saturated heterocycles. The fraction of sp³-hybridized carbons (Fsp3) is 0. The van der Waals surface area contributed by atoms with Crippen molar-refractivity contribution in [3.8, 4) is 5.75 Å². The third-order valence-electron chi connectivity index (χ3n) is 4.27. The molecule has 0 aliphatic carbocycles. The van der Waals surface area contributed by atoms with Crippen molar-refractivity contribution >= 4 is 38.9 Å². The second-order valence-electron chi connectivity index (χ2n) is 5.81. The van der Waals surface area contributed by atoms with Crippen LogP contribution in [0.3, 0.4) is 0 Å². The highest BCUT2D eigenvalue weighted by Crippen LogP contribution is 2.42. The quantitative estimate of drug-likeness (QED) is 0.364. The van der Waals surface area contributed by atoms with Crippen LogP contribution in [-0.4, -0.2) is 16.2 Å². The molecule has 0 aliphatic rings. The highest BCUT2D eigenvalue weighted by atomic mass is 16.4. The van der Waals surface area contributed by atoms with E-state index in [-0.39, 0.29) is 17.0 Å². The van der Waals surface area contributed by atoms with Crippen molar-refractivity contribution in [1.29, 1.82) is 0 Å². The first-order valence-corrected chi connectivity index (χ1v) is 8.03. The molecule has 0 fully saturated rings. The molecule has 26 heavy (non-hydrogen) atoms. The SMILES string of the molecule is O=C(O)c1ccccc1N=Nc1c2ccccc2c(O)c2ccccc12. The van der Waals surface area contributed by atoms with E-state index in [4.69, 9.17) is 0 Å². The third kappa shape index (κ3) is 2.56. The molecule has 126 valence electrons. The number of hydrogen-bond acceptors (Lipinski definition) is 4. The number of benzene rings is 4. The fourth-order valence-electron chi connectivity index (χ4n) is 3.04. The lowest BCUT2D eigenvalue weighted by Crippen LogP contribution is -1.95. The van der Waals surface area contributed by atoms with Crippen molar-refractivity contribution in [2.75, 3.05) is 0 Å². The third-order valence-corrected chi connectivity index (χ3v) is 4.27. The summed E-state index contributed by atoms with van der Waals surface area (Å²) in [6, 6.07) is 21.2. The van der Waals surface area contributed by atoms with Crippen LogP contribution in [0, 0.1) is 0 Å². The molecule has 5 nitrogen and oxygen atoms in total. The number of hydrogen-bond donors (Lipinski definition) is 2. The summed E-state index contributed by atoms with van der Waals surface area (Å²) >= 11 is 0. The van der Waals surface area contributed by atoms with Crippen molar-refractivity contribution in [3.05, 3.63) is 78.4 Å². The lowest BCUT2D eigenvalue weighted by Gasteiger charge is -2.10. The Balaban J connectivity index is 1.99. The molecule has 5 heteroatoms. The Bertz CT molecular complexity index is 1130. The molecule has 4 aromatic rings. The zero-order valence-electron chi connectivity index (χ0n) is 13.6. The van der Waals surface area contributed by atoms with Gasteiger partial charge in [-0.3, -0.25) is 0 Å². The molecule has 0 spiro atoms. The normalized spacial score (nSPS) is 11.4.